The minimum atomic E-state index is -2.74. The minimum Gasteiger partial charge on any atom is -0.510 e. The average molecular weight is 606 g/mol. The molecule has 44 heavy (non-hydrogen) atoms. The van der Waals surface area contributed by atoms with Gasteiger partial charge in [-0.05, 0) is 63.5 Å². The number of aryl methyl sites for hydroxylation is 1. The number of urea groups is 1. The first-order chi connectivity index (χ1) is 20.6. The molecule has 0 fully saturated rings. The number of ketones is 2. The van der Waals surface area contributed by atoms with Gasteiger partial charge in [0.2, 0.25) is 5.78 Å². The number of phenols is 1. The van der Waals surface area contributed by atoms with Gasteiger partial charge in [0.25, 0.3) is 5.91 Å². The largest absolute Gasteiger partial charge is 0.510 e. The number of hydrogen-bond acceptors (Lipinski definition) is 10. The molecule has 0 saturated heterocycles. The third-order valence-corrected chi connectivity index (χ3v) is 8.74. The van der Waals surface area contributed by atoms with Crippen LogP contribution in [0.25, 0.3) is 0 Å². The molecule has 0 spiro atoms. The van der Waals surface area contributed by atoms with Crippen molar-refractivity contribution in [3.63, 3.8) is 0 Å². The number of benzene rings is 2. The Hall–Kier alpha value is -4.88. The molecule has 0 unspecified atom stereocenters. The summed E-state index contributed by atoms with van der Waals surface area (Å²) in [6, 6.07) is 6.81. The van der Waals surface area contributed by atoms with E-state index in [-0.39, 0.29) is 29.7 Å². The maximum Gasteiger partial charge on any atom is 0.323 e. The normalized spacial score (nSPS) is 24.5. The Kier molecular flexibility index (Phi) is 7.42. The van der Waals surface area contributed by atoms with Gasteiger partial charge in [0.15, 0.2) is 17.1 Å². The molecule has 0 aliphatic heterocycles. The van der Waals surface area contributed by atoms with Gasteiger partial charge in [-0.25, -0.2) is 4.79 Å². The third-order valence-electron chi connectivity index (χ3n) is 8.74. The van der Waals surface area contributed by atoms with E-state index in [0.717, 1.165) is 5.56 Å². The number of allylic oxidation sites excluding steroid dienone is 1. The number of aliphatic hydroxyl groups excluding tert-OH is 2. The van der Waals surface area contributed by atoms with E-state index >= 15 is 0 Å². The number of likely N-dealkylation sites (N-methyl/N-ethyl adjacent to an activating group) is 1. The number of carbonyl (C=O) groups is 4. The molecular formula is C31H35N5O8. The number of nitrogens with zero attached hydrogens (tertiary/aromatic N) is 2. The molecule has 5 rings (SSSR count). The van der Waals surface area contributed by atoms with Crippen LogP contribution in [0, 0.1) is 18.8 Å². The number of nitrogens with one attached hydrogen (secondary N) is 2. The zero-order chi connectivity index (χ0) is 32.4. The van der Waals surface area contributed by atoms with Crippen LogP contribution in [0.4, 0.5) is 21.9 Å². The van der Waals surface area contributed by atoms with Gasteiger partial charge >= 0.3 is 6.03 Å². The van der Waals surface area contributed by atoms with Crippen molar-refractivity contribution in [2.75, 3.05) is 43.7 Å². The van der Waals surface area contributed by atoms with Gasteiger partial charge in [0, 0.05) is 37.0 Å². The number of aliphatic hydroxyl groups is 3. The van der Waals surface area contributed by atoms with Crippen molar-refractivity contribution in [3.05, 3.63) is 69.7 Å². The number of hydrogen-bond donors (Lipinski definition) is 7. The number of Topliss-reactive ketones (excluding diaryl/α,β-unsaturated/α-hetero) is 2. The van der Waals surface area contributed by atoms with E-state index in [2.05, 4.69) is 10.6 Å². The maximum atomic E-state index is 14.1. The second-order valence-corrected chi connectivity index (χ2v) is 11.9. The molecule has 0 bridgehead atoms. The summed E-state index contributed by atoms with van der Waals surface area (Å²) >= 11 is 0. The van der Waals surface area contributed by atoms with Gasteiger partial charge in [0.1, 0.15) is 17.1 Å². The SMILES string of the molecule is Cc1ccc(NC(=O)Nc2cc(N(C)C)c3c(c2O)C(=O)C2=C(O)[C@]4(O)C(=O)C(C(N)=O)=C(O)[C@H](N(C)C)[C@@H]4C[C@@H]2C3)cc1. The Morgan fingerprint density at radius 3 is 2.23 bits per heavy atom. The molecule has 8 N–H and O–H groups in total. The molecule has 0 heterocycles. The predicted octanol–water partition coefficient (Wildman–Crippen LogP) is 2.14. The van der Waals surface area contributed by atoms with Crippen molar-refractivity contribution in [1.82, 2.24) is 4.90 Å². The standard InChI is InChI=1S/C31H35N5O8/c1-13-6-8-15(9-7-13)33-30(43)34-18-12-19(35(2)3)16-10-14-11-17-23(36(4)5)26(39)22(29(32)42)28(41)31(17,44)27(40)20(14)25(38)21(16)24(18)37/h6-9,12,14,17,23,37,39-40,44H,10-11H2,1-5H3,(H2,32,42)(H2,33,34,43)/t14-,17-,23+,31-/m0/s1. The highest BCUT2D eigenvalue weighted by Crippen LogP contribution is 2.53. The zero-order valence-electron chi connectivity index (χ0n) is 24.9. The second-order valence-electron chi connectivity index (χ2n) is 11.9. The molecule has 13 nitrogen and oxygen atoms in total. The van der Waals surface area contributed by atoms with E-state index in [1.807, 2.05) is 19.1 Å². The van der Waals surface area contributed by atoms with Gasteiger partial charge in [0.05, 0.1) is 17.3 Å². The van der Waals surface area contributed by atoms with Crippen molar-refractivity contribution in [3.8, 4) is 5.75 Å². The van der Waals surface area contributed by atoms with E-state index in [9.17, 15) is 39.6 Å². The second kappa shape index (κ2) is 10.7. The van der Waals surface area contributed by atoms with Crippen molar-refractivity contribution >= 4 is 40.6 Å². The van der Waals surface area contributed by atoms with Crippen molar-refractivity contribution in [1.29, 1.82) is 0 Å². The van der Waals surface area contributed by atoms with Crippen LogP contribution >= 0.6 is 0 Å². The first kappa shape index (κ1) is 30.6. The molecule has 0 saturated carbocycles. The molecule has 2 aromatic carbocycles. The summed E-state index contributed by atoms with van der Waals surface area (Å²) in [7, 11) is 6.59. The summed E-state index contributed by atoms with van der Waals surface area (Å²) in [4.78, 5) is 55.9. The van der Waals surface area contributed by atoms with Crippen LogP contribution in [0.5, 0.6) is 5.75 Å². The highest BCUT2D eigenvalue weighted by molar-refractivity contribution is 6.25. The molecular weight excluding hydrogens is 570 g/mol. The topological polar surface area (TPSA) is 206 Å². The Morgan fingerprint density at radius 1 is 1.02 bits per heavy atom. The third kappa shape index (κ3) is 4.55. The predicted molar refractivity (Wildman–Crippen MR) is 162 cm³/mol. The summed E-state index contributed by atoms with van der Waals surface area (Å²) in [5.74, 6) is -7.45. The molecule has 13 heteroatoms. The van der Waals surface area contributed by atoms with Crippen LogP contribution in [0.3, 0.4) is 0 Å². The minimum absolute atomic E-state index is 0.0294. The summed E-state index contributed by atoms with van der Waals surface area (Å²) < 4.78 is 0. The molecule has 0 radical (unpaired) electrons. The smallest absolute Gasteiger partial charge is 0.323 e. The van der Waals surface area contributed by atoms with Crippen molar-refractivity contribution in [2.24, 2.45) is 17.6 Å². The molecule has 4 atom stereocenters. The lowest BCUT2D eigenvalue weighted by atomic mass is 9.58. The van der Waals surface area contributed by atoms with E-state index < -0.39 is 69.8 Å². The molecule has 3 aliphatic carbocycles. The zero-order valence-corrected chi connectivity index (χ0v) is 24.9. The quantitative estimate of drug-likeness (QED) is 0.195. The first-order valence-corrected chi connectivity index (χ1v) is 13.9. The number of fused-ring (bicyclic) bond motifs is 3. The Balaban J connectivity index is 1.62. The van der Waals surface area contributed by atoms with Crippen molar-refractivity contribution < 1.29 is 39.6 Å². The number of aromatic hydroxyl groups is 1. The number of primary amides is 1. The number of nitrogens with two attached hydrogens (primary N) is 1. The summed E-state index contributed by atoms with van der Waals surface area (Å²) in [5, 5.41) is 50.8. The Labute approximate surface area is 253 Å². The number of rotatable bonds is 5. The highest BCUT2D eigenvalue weighted by Gasteiger charge is 2.63. The van der Waals surface area contributed by atoms with E-state index in [1.165, 1.54) is 11.0 Å². The number of anilines is 3. The van der Waals surface area contributed by atoms with Crippen LogP contribution in [0.2, 0.25) is 0 Å². The molecule has 232 valence electrons. The number of carbonyl (C=O) groups excluding carboxylic acids is 4. The summed E-state index contributed by atoms with van der Waals surface area (Å²) in [6.07, 6.45) is 0.0871. The summed E-state index contributed by atoms with van der Waals surface area (Å²) in [5.41, 5.74) is 3.65. The average Bonchev–Trinajstić information content (AvgIpc) is 2.93. The van der Waals surface area contributed by atoms with E-state index in [0.29, 0.717) is 16.9 Å². The monoisotopic (exact) mass is 605 g/mol. The van der Waals surface area contributed by atoms with Crippen LogP contribution in [-0.4, -0.2) is 88.7 Å². The fourth-order valence-electron chi connectivity index (χ4n) is 6.71. The summed E-state index contributed by atoms with van der Waals surface area (Å²) in [6.45, 7) is 1.90. The van der Waals surface area contributed by atoms with E-state index in [4.69, 9.17) is 5.73 Å². The number of amides is 3. The van der Waals surface area contributed by atoms with Gasteiger partial charge < -0.3 is 41.7 Å². The molecule has 3 aliphatic rings. The lowest BCUT2D eigenvalue weighted by Crippen LogP contribution is -2.63. The molecule has 0 aromatic heterocycles. The lowest BCUT2D eigenvalue weighted by Gasteiger charge is -2.50. The molecule has 2 aromatic rings. The fraction of sp³-hybridized carbons (Fsp3) is 0.355. The van der Waals surface area contributed by atoms with Crippen LogP contribution in [-0.2, 0) is 16.0 Å². The molecule has 3 amide bonds. The highest BCUT2D eigenvalue weighted by atomic mass is 16.3. The fourth-order valence-corrected chi connectivity index (χ4v) is 6.71. The lowest BCUT2D eigenvalue weighted by molar-refractivity contribution is -0.148. The Bertz CT molecular complexity index is 1680. The maximum absolute atomic E-state index is 14.1. The first-order valence-electron chi connectivity index (χ1n) is 13.9. The number of phenolic OH excluding ortho intramolecular Hbond substituents is 1. The van der Waals surface area contributed by atoms with Crippen molar-refractivity contribution in [2.45, 2.75) is 31.4 Å². The van der Waals surface area contributed by atoms with E-state index in [1.54, 1.807) is 45.2 Å². The van der Waals surface area contributed by atoms with Crippen LogP contribution in [0.1, 0.15) is 27.9 Å². The van der Waals surface area contributed by atoms with Gasteiger partial charge in [-0.1, -0.05) is 17.7 Å². The van der Waals surface area contributed by atoms with Crippen LogP contribution in [0.15, 0.2) is 53.0 Å². The van der Waals surface area contributed by atoms with Crippen LogP contribution < -0.4 is 21.3 Å². The Morgan fingerprint density at radius 2 is 1.66 bits per heavy atom. The van der Waals surface area contributed by atoms with Gasteiger partial charge in [-0.2, -0.15) is 0 Å². The van der Waals surface area contributed by atoms with Gasteiger partial charge in [-0.15, -0.1) is 0 Å². The van der Waals surface area contributed by atoms with Gasteiger partial charge in [-0.3, -0.25) is 19.3 Å².